The maximum atomic E-state index is 5.34. The third kappa shape index (κ3) is 12.5. The van der Waals surface area contributed by atoms with Crippen LogP contribution in [0.1, 0.15) is 13.8 Å². The first-order valence-corrected chi connectivity index (χ1v) is 6.48. The third-order valence-electron chi connectivity index (χ3n) is 1.77. The molecule has 0 amide bonds. The van der Waals surface area contributed by atoms with Gasteiger partial charge in [0.1, 0.15) is 0 Å². The number of rotatable bonds is 12. The van der Waals surface area contributed by atoms with Gasteiger partial charge in [-0.2, -0.15) is 0 Å². The Kier molecular flexibility index (Phi) is 13.0. The van der Waals surface area contributed by atoms with Crippen molar-refractivity contribution in [3.05, 3.63) is 0 Å². The fraction of sp³-hybridized carbons (Fsp3) is 1.00. The van der Waals surface area contributed by atoms with Crippen LogP contribution in [0.25, 0.3) is 0 Å². The van der Waals surface area contributed by atoms with Crippen molar-refractivity contribution in [1.29, 1.82) is 0 Å². The van der Waals surface area contributed by atoms with Gasteiger partial charge in [0, 0.05) is 0 Å². The minimum absolute atomic E-state index is 0.286. The van der Waals surface area contributed by atoms with E-state index >= 15 is 0 Å². The van der Waals surface area contributed by atoms with Gasteiger partial charge in [-0.15, -0.1) is 0 Å². The molecule has 17 heavy (non-hydrogen) atoms. The molecule has 0 fully saturated rings. The van der Waals surface area contributed by atoms with Crippen LogP contribution in [0, 0.1) is 0 Å². The number of methoxy groups -OCH3 is 2. The fourth-order valence-electron chi connectivity index (χ4n) is 0.862. The molecule has 0 N–H and O–H groups in total. The topological polar surface area (TPSA) is 55.4 Å². The van der Waals surface area contributed by atoms with E-state index in [0.717, 1.165) is 0 Å². The van der Waals surface area contributed by atoms with Gasteiger partial charge in [0.15, 0.2) is 0 Å². The molecule has 0 aromatic rings. The molecule has 0 aromatic carbocycles. The second kappa shape index (κ2) is 12.7. The molecule has 100 valence electrons. The van der Waals surface area contributed by atoms with E-state index in [0.29, 0.717) is 26.4 Å². The molecule has 2 atom stereocenters. The molecule has 0 aliphatic heterocycles. The van der Waals surface area contributed by atoms with E-state index in [1.165, 1.54) is 0 Å². The zero-order valence-electron chi connectivity index (χ0n) is 11.0. The van der Waals surface area contributed by atoms with E-state index in [-0.39, 0.29) is 12.6 Å². The Morgan fingerprint density at radius 3 is 1.53 bits per heavy atom. The zero-order valence-corrected chi connectivity index (χ0v) is 12.2. The molecule has 7 heteroatoms. The predicted octanol–water partition coefficient (Wildman–Crippen LogP) is 0.572. The molecular formula is C10H22AlO6+. The van der Waals surface area contributed by atoms with E-state index in [4.69, 9.17) is 26.5 Å². The number of hydrogen-bond donors (Lipinski definition) is 0. The van der Waals surface area contributed by atoms with Crippen molar-refractivity contribution in [3.63, 3.8) is 0 Å². The molecule has 2 unspecified atom stereocenters. The zero-order chi connectivity index (χ0) is 12.9. The van der Waals surface area contributed by atoms with Crippen molar-refractivity contribution < 1.29 is 26.5 Å². The summed E-state index contributed by atoms with van der Waals surface area (Å²) in [5.41, 5.74) is 0. The first-order chi connectivity index (χ1) is 8.20. The van der Waals surface area contributed by atoms with Gasteiger partial charge in [-0.1, -0.05) is 0 Å². The molecular weight excluding hydrogens is 243 g/mol. The van der Waals surface area contributed by atoms with Gasteiger partial charge >= 0.3 is 109 Å². The number of hydrogen-bond acceptors (Lipinski definition) is 6. The second-order valence-electron chi connectivity index (χ2n) is 3.23. The van der Waals surface area contributed by atoms with Gasteiger partial charge < -0.3 is 0 Å². The average molecular weight is 265 g/mol. The Morgan fingerprint density at radius 2 is 1.18 bits per heavy atom. The van der Waals surface area contributed by atoms with Gasteiger partial charge in [-0.25, -0.2) is 0 Å². The summed E-state index contributed by atoms with van der Waals surface area (Å²) in [5, 5.41) is 0. The molecule has 0 aliphatic carbocycles. The second-order valence-corrected chi connectivity index (χ2v) is 3.97. The molecule has 0 aliphatic rings. The molecule has 6 nitrogen and oxygen atoms in total. The Balaban J connectivity index is 3.29. The van der Waals surface area contributed by atoms with Crippen molar-refractivity contribution in [2.75, 3.05) is 40.6 Å². The maximum absolute atomic E-state index is 5.34. The van der Waals surface area contributed by atoms with Crippen molar-refractivity contribution in [3.8, 4) is 0 Å². The first kappa shape index (κ1) is 17.3. The van der Waals surface area contributed by atoms with Crippen molar-refractivity contribution >= 4 is 15.9 Å². The standard InChI is InChI=1S/2C5H11O3.Al/c2*1-5(6)8-4-3-7-2;/h2*5H,3-4H2,1-2H3;/q2*-1;+3. The van der Waals surface area contributed by atoms with Crippen LogP contribution in [0.15, 0.2) is 0 Å². The van der Waals surface area contributed by atoms with Gasteiger partial charge in [0.25, 0.3) is 0 Å². The van der Waals surface area contributed by atoms with Gasteiger partial charge in [-0.3, -0.25) is 0 Å². The average Bonchev–Trinajstić information content (AvgIpc) is 2.30. The van der Waals surface area contributed by atoms with Crippen LogP contribution in [0.2, 0.25) is 0 Å². The first-order valence-electron chi connectivity index (χ1n) is 5.54. The summed E-state index contributed by atoms with van der Waals surface area (Å²) in [5.74, 6) is 0. The van der Waals surface area contributed by atoms with E-state index in [2.05, 4.69) is 0 Å². The Labute approximate surface area is 110 Å². The molecule has 0 saturated carbocycles. The minimum atomic E-state index is -0.599. The van der Waals surface area contributed by atoms with Crippen molar-refractivity contribution in [2.24, 2.45) is 0 Å². The van der Waals surface area contributed by atoms with Crippen LogP contribution in [0.5, 0.6) is 0 Å². The summed E-state index contributed by atoms with van der Waals surface area (Å²) in [4.78, 5) is 0. The fourth-order valence-corrected chi connectivity index (χ4v) is 1.40. The van der Waals surface area contributed by atoms with Gasteiger partial charge in [0.2, 0.25) is 0 Å². The van der Waals surface area contributed by atoms with E-state index in [1.54, 1.807) is 14.2 Å². The van der Waals surface area contributed by atoms with E-state index in [9.17, 15) is 0 Å². The van der Waals surface area contributed by atoms with E-state index < -0.39 is 15.9 Å². The van der Waals surface area contributed by atoms with Crippen molar-refractivity contribution in [2.45, 2.75) is 26.4 Å². The molecule has 0 bridgehead atoms. The Morgan fingerprint density at radius 1 is 0.765 bits per heavy atom. The Bertz CT molecular complexity index is 144. The third-order valence-corrected chi connectivity index (χ3v) is 2.76. The van der Waals surface area contributed by atoms with Crippen molar-refractivity contribution in [1.82, 2.24) is 0 Å². The predicted molar refractivity (Wildman–Crippen MR) is 62.5 cm³/mol. The van der Waals surface area contributed by atoms with Crippen LogP contribution in [-0.4, -0.2) is 69.1 Å². The van der Waals surface area contributed by atoms with Crippen LogP contribution >= 0.6 is 0 Å². The summed E-state index contributed by atoms with van der Waals surface area (Å²) in [6.07, 6.45) is -0.572. The molecule has 0 radical (unpaired) electrons. The van der Waals surface area contributed by atoms with Crippen LogP contribution in [0.4, 0.5) is 0 Å². The summed E-state index contributed by atoms with van der Waals surface area (Å²) in [6.45, 7) is 5.78. The molecule has 0 saturated heterocycles. The SMILES string of the molecule is COCCOC(C)[O][Al+][O]C(C)OCCOC. The summed E-state index contributed by atoms with van der Waals surface area (Å²) >= 11 is -0.599. The van der Waals surface area contributed by atoms with Gasteiger partial charge in [-0.05, 0) is 0 Å². The quantitative estimate of drug-likeness (QED) is 0.292. The monoisotopic (exact) mass is 265 g/mol. The molecule has 0 spiro atoms. The Hall–Kier alpha value is 0.292. The van der Waals surface area contributed by atoms with Gasteiger partial charge in [0.05, 0.1) is 0 Å². The summed E-state index contributed by atoms with van der Waals surface area (Å²) < 4.78 is 31.0. The molecule has 0 heterocycles. The van der Waals surface area contributed by atoms with Crippen LogP contribution in [-0.2, 0) is 26.5 Å². The van der Waals surface area contributed by atoms with Crippen LogP contribution < -0.4 is 0 Å². The summed E-state index contributed by atoms with van der Waals surface area (Å²) in [6, 6.07) is 0. The number of ether oxygens (including phenoxy) is 4. The normalized spacial score (nSPS) is 14.4. The molecule has 0 aromatic heterocycles. The van der Waals surface area contributed by atoms with Crippen LogP contribution in [0.3, 0.4) is 0 Å². The molecule has 0 rings (SSSR count). The summed E-state index contributed by atoms with van der Waals surface area (Å²) in [7, 11) is 3.25. The van der Waals surface area contributed by atoms with E-state index in [1.807, 2.05) is 13.8 Å².